The minimum Gasteiger partial charge on any atom is -0.380 e. The van der Waals surface area contributed by atoms with Crippen LogP contribution in [-0.4, -0.2) is 41.4 Å². The normalized spacial score (nSPS) is 24.9. The second kappa shape index (κ2) is 4.76. The average molecular weight is 223 g/mol. The average Bonchev–Trinajstić information content (AvgIpc) is 2.96. The number of methoxy groups -OCH3 is 1. The minimum atomic E-state index is -0.132. The number of nitrogens with zero attached hydrogens (tertiary/aromatic N) is 2. The molecule has 0 radical (unpaired) electrons. The van der Waals surface area contributed by atoms with Crippen LogP contribution >= 0.6 is 0 Å². The van der Waals surface area contributed by atoms with Crippen molar-refractivity contribution in [3.63, 3.8) is 0 Å². The summed E-state index contributed by atoms with van der Waals surface area (Å²) >= 11 is 0. The van der Waals surface area contributed by atoms with Gasteiger partial charge in [0.1, 0.15) is 5.69 Å². The van der Waals surface area contributed by atoms with E-state index in [4.69, 9.17) is 4.74 Å². The van der Waals surface area contributed by atoms with Crippen molar-refractivity contribution in [1.29, 1.82) is 0 Å². The zero-order valence-electron chi connectivity index (χ0n) is 9.64. The Morgan fingerprint density at radius 1 is 1.75 bits per heavy atom. The Labute approximate surface area is 94.8 Å². The molecule has 2 atom stereocenters. The van der Waals surface area contributed by atoms with Crippen LogP contribution in [0.3, 0.4) is 0 Å². The van der Waals surface area contributed by atoms with Crippen LogP contribution in [0.2, 0.25) is 0 Å². The monoisotopic (exact) mass is 223 g/mol. The molecule has 1 aliphatic rings. The Kier molecular flexibility index (Phi) is 3.36. The van der Waals surface area contributed by atoms with Crippen molar-refractivity contribution in [2.24, 2.45) is 0 Å². The highest BCUT2D eigenvalue weighted by Gasteiger charge is 2.31. The van der Waals surface area contributed by atoms with Gasteiger partial charge in [0.25, 0.3) is 0 Å². The van der Waals surface area contributed by atoms with E-state index in [1.54, 1.807) is 24.1 Å². The van der Waals surface area contributed by atoms with Crippen molar-refractivity contribution in [2.45, 2.75) is 32.0 Å². The van der Waals surface area contributed by atoms with Crippen LogP contribution in [0.15, 0.2) is 12.3 Å². The largest absolute Gasteiger partial charge is 0.380 e. The molecule has 1 saturated heterocycles. The summed E-state index contributed by atoms with van der Waals surface area (Å²) in [4.78, 5) is 12.2. The Morgan fingerprint density at radius 3 is 3.19 bits per heavy atom. The van der Waals surface area contributed by atoms with E-state index >= 15 is 0 Å². The molecular formula is C11H17N3O2. The zero-order valence-corrected chi connectivity index (χ0v) is 9.64. The lowest BCUT2D eigenvalue weighted by Gasteiger charge is -2.10. The summed E-state index contributed by atoms with van der Waals surface area (Å²) in [6, 6.07) is 1.64. The van der Waals surface area contributed by atoms with Gasteiger partial charge in [0.15, 0.2) is 5.78 Å². The molecule has 0 saturated carbocycles. The molecular weight excluding hydrogens is 206 g/mol. The number of Topliss-reactive ketones (excluding diaryl/α,β-unsaturated/α-hetero) is 1. The highest BCUT2D eigenvalue weighted by Crippen LogP contribution is 2.14. The first-order valence-electron chi connectivity index (χ1n) is 5.58. The van der Waals surface area contributed by atoms with Crippen molar-refractivity contribution in [2.75, 3.05) is 13.7 Å². The summed E-state index contributed by atoms with van der Waals surface area (Å²) in [6.07, 6.45) is 2.55. The summed E-state index contributed by atoms with van der Waals surface area (Å²) in [5.74, 6) is 0.110. The number of hydrogen-bond donors (Lipinski definition) is 1. The van der Waals surface area contributed by atoms with Crippen LogP contribution in [0.25, 0.3) is 0 Å². The molecule has 1 aromatic heterocycles. The maximum atomic E-state index is 12.2. The lowest BCUT2D eigenvalue weighted by atomic mass is 10.1. The highest BCUT2D eigenvalue weighted by atomic mass is 16.5. The van der Waals surface area contributed by atoms with Crippen LogP contribution < -0.4 is 5.32 Å². The predicted molar refractivity (Wildman–Crippen MR) is 59.4 cm³/mol. The molecule has 0 bridgehead atoms. The van der Waals surface area contributed by atoms with Crippen LogP contribution in [0, 0.1) is 0 Å². The van der Waals surface area contributed by atoms with Gasteiger partial charge in [-0.15, -0.1) is 0 Å². The van der Waals surface area contributed by atoms with Gasteiger partial charge in [-0.05, 0) is 19.4 Å². The molecule has 0 aromatic carbocycles. The number of nitrogens with one attached hydrogen (secondary N) is 1. The molecule has 0 amide bonds. The molecule has 5 nitrogen and oxygen atoms in total. The third-order valence-electron chi connectivity index (χ3n) is 3.01. The van der Waals surface area contributed by atoms with E-state index in [0.29, 0.717) is 12.2 Å². The number of ether oxygens (including phenoxy) is 1. The topological polar surface area (TPSA) is 56.2 Å². The van der Waals surface area contributed by atoms with Gasteiger partial charge < -0.3 is 10.1 Å². The van der Waals surface area contributed by atoms with E-state index < -0.39 is 0 Å². The van der Waals surface area contributed by atoms with Gasteiger partial charge in [0.05, 0.1) is 12.1 Å². The Hall–Kier alpha value is -1.20. The second-order valence-electron chi connectivity index (χ2n) is 3.95. The van der Waals surface area contributed by atoms with Crippen molar-refractivity contribution < 1.29 is 9.53 Å². The molecule has 1 aliphatic heterocycles. The summed E-state index contributed by atoms with van der Waals surface area (Å²) in [5.41, 5.74) is 0.678. The zero-order chi connectivity index (χ0) is 11.5. The first kappa shape index (κ1) is 11.3. The summed E-state index contributed by atoms with van der Waals surface area (Å²) in [6.45, 7) is 3.44. The number of aryl methyl sites for hydroxylation is 1. The molecule has 0 spiro atoms. The van der Waals surface area contributed by atoms with Crippen molar-refractivity contribution in [3.05, 3.63) is 18.0 Å². The first-order chi connectivity index (χ1) is 7.76. The van der Waals surface area contributed by atoms with Gasteiger partial charge in [-0.3, -0.25) is 9.48 Å². The molecule has 88 valence electrons. The Bertz CT molecular complexity index is 375. The van der Waals surface area contributed by atoms with E-state index in [9.17, 15) is 4.79 Å². The van der Waals surface area contributed by atoms with E-state index in [1.165, 1.54) is 0 Å². The van der Waals surface area contributed by atoms with Gasteiger partial charge in [0, 0.05) is 26.4 Å². The van der Waals surface area contributed by atoms with Crippen LogP contribution in [0.5, 0.6) is 0 Å². The molecule has 1 fully saturated rings. The van der Waals surface area contributed by atoms with Crippen LogP contribution in [0.1, 0.15) is 23.8 Å². The molecule has 1 N–H and O–H groups in total. The standard InChI is InChI=1S/C11H17N3O2/c1-3-14-10(4-5-13-14)11(15)9-6-8(16-2)7-12-9/h4-5,8-9,12H,3,6-7H2,1-2H3. The summed E-state index contributed by atoms with van der Waals surface area (Å²) < 4.78 is 6.95. The third kappa shape index (κ3) is 2.01. The van der Waals surface area contributed by atoms with E-state index in [0.717, 1.165) is 13.0 Å². The lowest BCUT2D eigenvalue weighted by Crippen LogP contribution is -2.32. The number of carbonyl (C=O) groups excluding carboxylic acids is 1. The number of hydrogen-bond acceptors (Lipinski definition) is 4. The maximum Gasteiger partial charge on any atom is 0.197 e. The molecule has 2 unspecified atom stereocenters. The summed E-state index contributed by atoms with van der Waals surface area (Å²) in [7, 11) is 1.68. The molecule has 0 aliphatic carbocycles. The highest BCUT2D eigenvalue weighted by molar-refractivity contribution is 5.98. The SMILES string of the molecule is CCn1nccc1C(=O)C1CC(OC)CN1. The quantitative estimate of drug-likeness (QED) is 0.754. The predicted octanol–water partition coefficient (Wildman–Crippen LogP) is 0.463. The Morgan fingerprint density at radius 2 is 2.56 bits per heavy atom. The third-order valence-corrected chi connectivity index (χ3v) is 3.01. The number of rotatable bonds is 4. The van der Waals surface area contributed by atoms with Crippen LogP contribution in [-0.2, 0) is 11.3 Å². The van der Waals surface area contributed by atoms with Gasteiger partial charge in [-0.1, -0.05) is 0 Å². The van der Waals surface area contributed by atoms with Gasteiger partial charge in [0.2, 0.25) is 0 Å². The molecule has 2 heterocycles. The van der Waals surface area contributed by atoms with Crippen molar-refractivity contribution in [1.82, 2.24) is 15.1 Å². The van der Waals surface area contributed by atoms with Crippen molar-refractivity contribution in [3.8, 4) is 0 Å². The van der Waals surface area contributed by atoms with E-state index in [1.807, 2.05) is 6.92 Å². The number of carbonyl (C=O) groups is 1. The second-order valence-corrected chi connectivity index (χ2v) is 3.95. The van der Waals surface area contributed by atoms with Crippen molar-refractivity contribution >= 4 is 5.78 Å². The molecule has 16 heavy (non-hydrogen) atoms. The number of aromatic nitrogens is 2. The maximum absolute atomic E-state index is 12.2. The molecule has 1 aromatic rings. The smallest absolute Gasteiger partial charge is 0.197 e. The Balaban J connectivity index is 2.08. The summed E-state index contributed by atoms with van der Waals surface area (Å²) in [5, 5.41) is 7.28. The first-order valence-corrected chi connectivity index (χ1v) is 5.58. The fourth-order valence-corrected chi connectivity index (χ4v) is 2.06. The fraction of sp³-hybridized carbons (Fsp3) is 0.636. The van der Waals surface area contributed by atoms with Gasteiger partial charge >= 0.3 is 0 Å². The fourth-order valence-electron chi connectivity index (χ4n) is 2.06. The molecule has 2 rings (SSSR count). The van der Waals surface area contributed by atoms with Gasteiger partial charge in [-0.2, -0.15) is 5.10 Å². The minimum absolute atomic E-state index is 0.110. The van der Waals surface area contributed by atoms with E-state index in [2.05, 4.69) is 10.4 Å². The molecule has 5 heteroatoms. The van der Waals surface area contributed by atoms with E-state index in [-0.39, 0.29) is 17.9 Å². The lowest BCUT2D eigenvalue weighted by molar-refractivity contribution is 0.0909. The number of ketones is 1. The van der Waals surface area contributed by atoms with Gasteiger partial charge in [-0.25, -0.2) is 0 Å². The van der Waals surface area contributed by atoms with Crippen LogP contribution in [0.4, 0.5) is 0 Å².